The summed E-state index contributed by atoms with van der Waals surface area (Å²) in [5.74, 6) is -0.0765. The zero-order valence-electron chi connectivity index (χ0n) is 10.8. The second-order valence-corrected chi connectivity index (χ2v) is 5.00. The van der Waals surface area contributed by atoms with Gasteiger partial charge in [-0.05, 0) is 25.8 Å². The zero-order valence-corrected chi connectivity index (χ0v) is 10.8. The summed E-state index contributed by atoms with van der Waals surface area (Å²) in [5.41, 5.74) is 0.536. The molecule has 1 saturated heterocycles. The van der Waals surface area contributed by atoms with E-state index in [0.717, 1.165) is 18.5 Å². The molecule has 1 unspecified atom stereocenters. The third kappa shape index (κ3) is 2.61. The SMILES string of the molecule is CNc1ccncc1C(=O)N1CCCC(C)(O)C1. The number of piperidine rings is 1. The molecule has 1 aromatic rings. The van der Waals surface area contributed by atoms with Gasteiger partial charge in [0, 0.05) is 38.2 Å². The van der Waals surface area contributed by atoms with Gasteiger partial charge in [-0.1, -0.05) is 0 Å². The standard InChI is InChI=1S/C13H19N3O2/c1-13(18)5-3-7-16(9-13)12(17)10-8-15-6-4-11(10)14-2/h4,6,8,18H,3,5,7,9H2,1-2H3,(H,14,15). The molecule has 2 rings (SSSR count). The van der Waals surface area contributed by atoms with Crippen molar-refractivity contribution in [2.24, 2.45) is 0 Å². The lowest BCUT2D eigenvalue weighted by molar-refractivity contribution is -0.0107. The van der Waals surface area contributed by atoms with Crippen LogP contribution in [0, 0.1) is 0 Å². The Morgan fingerprint density at radius 3 is 3.06 bits per heavy atom. The first kappa shape index (κ1) is 12.8. The summed E-state index contributed by atoms with van der Waals surface area (Å²) < 4.78 is 0. The van der Waals surface area contributed by atoms with Crippen molar-refractivity contribution in [1.29, 1.82) is 0 Å². The zero-order chi connectivity index (χ0) is 13.2. The fourth-order valence-electron chi connectivity index (χ4n) is 2.35. The van der Waals surface area contributed by atoms with Crippen molar-refractivity contribution < 1.29 is 9.90 Å². The molecular weight excluding hydrogens is 230 g/mol. The smallest absolute Gasteiger partial charge is 0.257 e. The maximum Gasteiger partial charge on any atom is 0.257 e. The molecular formula is C13H19N3O2. The number of carbonyl (C=O) groups is 1. The van der Waals surface area contributed by atoms with Crippen molar-refractivity contribution in [3.05, 3.63) is 24.0 Å². The Hall–Kier alpha value is -1.62. The summed E-state index contributed by atoms with van der Waals surface area (Å²) in [5, 5.41) is 13.0. The molecule has 0 saturated carbocycles. The van der Waals surface area contributed by atoms with Crippen LogP contribution in [0.3, 0.4) is 0 Å². The van der Waals surface area contributed by atoms with Crippen LogP contribution in [0.2, 0.25) is 0 Å². The number of amides is 1. The van der Waals surface area contributed by atoms with Crippen LogP contribution < -0.4 is 5.32 Å². The van der Waals surface area contributed by atoms with E-state index < -0.39 is 5.60 Å². The molecule has 98 valence electrons. The summed E-state index contributed by atoms with van der Waals surface area (Å²) in [7, 11) is 1.78. The number of aliphatic hydroxyl groups is 1. The molecule has 5 heteroatoms. The minimum absolute atomic E-state index is 0.0765. The highest BCUT2D eigenvalue weighted by Gasteiger charge is 2.31. The molecule has 0 spiro atoms. The van der Waals surface area contributed by atoms with E-state index >= 15 is 0 Å². The van der Waals surface area contributed by atoms with E-state index in [4.69, 9.17) is 0 Å². The number of carbonyl (C=O) groups excluding carboxylic acids is 1. The summed E-state index contributed by atoms with van der Waals surface area (Å²) in [6.45, 7) is 2.84. The van der Waals surface area contributed by atoms with E-state index in [1.54, 1.807) is 37.3 Å². The number of hydrogen-bond donors (Lipinski definition) is 2. The van der Waals surface area contributed by atoms with Crippen LogP contribution in [0.5, 0.6) is 0 Å². The van der Waals surface area contributed by atoms with Crippen LogP contribution in [0.25, 0.3) is 0 Å². The largest absolute Gasteiger partial charge is 0.388 e. The first-order valence-corrected chi connectivity index (χ1v) is 6.17. The molecule has 0 aromatic carbocycles. The molecule has 1 amide bonds. The molecule has 1 aliphatic heterocycles. The molecule has 2 heterocycles. The lowest BCUT2D eigenvalue weighted by Gasteiger charge is -2.37. The van der Waals surface area contributed by atoms with Crippen LogP contribution in [0.15, 0.2) is 18.5 Å². The van der Waals surface area contributed by atoms with Gasteiger partial charge in [-0.3, -0.25) is 9.78 Å². The highest BCUT2D eigenvalue weighted by Crippen LogP contribution is 2.23. The molecule has 1 aliphatic rings. The average Bonchev–Trinajstić information content (AvgIpc) is 2.36. The van der Waals surface area contributed by atoms with E-state index in [2.05, 4.69) is 10.3 Å². The Morgan fingerprint density at radius 1 is 1.61 bits per heavy atom. The quantitative estimate of drug-likeness (QED) is 0.824. The van der Waals surface area contributed by atoms with Crippen molar-refractivity contribution in [2.75, 3.05) is 25.5 Å². The van der Waals surface area contributed by atoms with Gasteiger partial charge < -0.3 is 15.3 Å². The highest BCUT2D eigenvalue weighted by atomic mass is 16.3. The normalized spacial score (nSPS) is 23.8. The van der Waals surface area contributed by atoms with E-state index in [0.29, 0.717) is 18.7 Å². The van der Waals surface area contributed by atoms with Gasteiger partial charge in [0.15, 0.2) is 0 Å². The molecule has 1 fully saturated rings. The minimum Gasteiger partial charge on any atom is -0.388 e. The number of pyridine rings is 1. The predicted octanol–water partition coefficient (Wildman–Crippen LogP) is 1.11. The van der Waals surface area contributed by atoms with Gasteiger partial charge in [0.2, 0.25) is 0 Å². The Morgan fingerprint density at radius 2 is 2.39 bits per heavy atom. The second kappa shape index (κ2) is 4.94. The lowest BCUT2D eigenvalue weighted by Crippen LogP contribution is -2.48. The first-order chi connectivity index (χ1) is 8.53. The van der Waals surface area contributed by atoms with Gasteiger partial charge in [-0.15, -0.1) is 0 Å². The lowest BCUT2D eigenvalue weighted by atomic mass is 9.94. The van der Waals surface area contributed by atoms with E-state index in [-0.39, 0.29) is 5.91 Å². The summed E-state index contributed by atoms with van der Waals surface area (Å²) >= 11 is 0. The number of β-amino-alcohol motifs (C(OH)–C–C–N with tert-alkyl or cyclic N) is 1. The number of nitrogens with zero attached hydrogens (tertiary/aromatic N) is 2. The van der Waals surface area contributed by atoms with E-state index in [1.165, 1.54) is 0 Å². The minimum atomic E-state index is -0.782. The Kier molecular flexibility index (Phi) is 3.52. The van der Waals surface area contributed by atoms with Crippen molar-refractivity contribution in [3.63, 3.8) is 0 Å². The number of hydrogen-bond acceptors (Lipinski definition) is 4. The van der Waals surface area contributed by atoms with Crippen LogP contribution >= 0.6 is 0 Å². The average molecular weight is 249 g/mol. The van der Waals surface area contributed by atoms with E-state index in [9.17, 15) is 9.90 Å². The molecule has 5 nitrogen and oxygen atoms in total. The maximum absolute atomic E-state index is 12.4. The van der Waals surface area contributed by atoms with Gasteiger partial charge >= 0.3 is 0 Å². The molecule has 18 heavy (non-hydrogen) atoms. The van der Waals surface area contributed by atoms with E-state index in [1.807, 2.05) is 0 Å². The van der Waals surface area contributed by atoms with Gasteiger partial charge in [0.05, 0.1) is 11.2 Å². The van der Waals surface area contributed by atoms with Gasteiger partial charge in [0.25, 0.3) is 5.91 Å². The fourth-order valence-corrected chi connectivity index (χ4v) is 2.35. The summed E-state index contributed by atoms with van der Waals surface area (Å²) in [4.78, 5) is 18.1. The third-order valence-electron chi connectivity index (χ3n) is 3.28. The topological polar surface area (TPSA) is 65.5 Å². The van der Waals surface area contributed by atoms with Gasteiger partial charge in [-0.2, -0.15) is 0 Å². The molecule has 1 aromatic heterocycles. The highest BCUT2D eigenvalue weighted by molar-refractivity contribution is 5.99. The predicted molar refractivity (Wildman–Crippen MR) is 69.5 cm³/mol. The monoisotopic (exact) mass is 249 g/mol. The Bertz CT molecular complexity index is 446. The van der Waals surface area contributed by atoms with Crippen LogP contribution in [0.1, 0.15) is 30.1 Å². The maximum atomic E-state index is 12.4. The van der Waals surface area contributed by atoms with Crippen molar-refractivity contribution >= 4 is 11.6 Å². The van der Waals surface area contributed by atoms with Crippen molar-refractivity contribution in [2.45, 2.75) is 25.4 Å². The third-order valence-corrected chi connectivity index (χ3v) is 3.28. The van der Waals surface area contributed by atoms with Crippen molar-refractivity contribution in [3.8, 4) is 0 Å². The molecule has 1 atom stereocenters. The molecule has 2 N–H and O–H groups in total. The van der Waals surface area contributed by atoms with Crippen LogP contribution in [-0.2, 0) is 0 Å². The number of likely N-dealkylation sites (tertiary alicyclic amines) is 1. The molecule has 0 bridgehead atoms. The second-order valence-electron chi connectivity index (χ2n) is 5.00. The van der Waals surface area contributed by atoms with Gasteiger partial charge in [-0.25, -0.2) is 0 Å². The molecule has 0 radical (unpaired) electrons. The Balaban J connectivity index is 2.20. The number of rotatable bonds is 2. The summed E-state index contributed by atoms with van der Waals surface area (Å²) in [6, 6.07) is 1.77. The number of aromatic nitrogens is 1. The van der Waals surface area contributed by atoms with Crippen LogP contribution in [-0.4, -0.2) is 46.6 Å². The van der Waals surface area contributed by atoms with Crippen LogP contribution in [0.4, 0.5) is 5.69 Å². The number of anilines is 1. The van der Waals surface area contributed by atoms with Gasteiger partial charge in [0.1, 0.15) is 0 Å². The Labute approximate surface area is 107 Å². The van der Waals surface area contributed by atoms with Crippen molar-refractivity contribution in [1.82, 2.24) is 9.88 Å². The fraction of sp³-hybridized carbons (Fsp3) is 0.538. The summed E-state index contributed by atoms with van der Waals surface area (Å²) in [6.07, 6.45) is 4.78. The first-order valence-electron chi connectivity index (χ1n) is 6.17. The number of nitrogens with one attached hydrogen (secondary N) is 1. The molecule has 0 aliphatic carbocycles.